The fourth-order valence-corrected chi connectivity index (χ4v) is 8.95. The molecule has 0 amide bonds. The van der Waals surface area contributed by atoms with E-state index in [1.54, 1.807) is 0 Å². The van der Waals surface area contributed by atoms with Crippen LogP contribution in [0.1, 0.15) is 25.0 Å². The molecule has 0 saturated carbocycles. The fraction of sp³-hybridized carbons (Fsp3) is 0.0638. The predicted molar refractivity (Wildman–Crippen MR) is 201 cm³/mol. The van der Waals surface area contributed by atoms with Gasteiger partial charge in [0.2, 0.25) is 0 Å². The van der Waals surface area contributed by atoms with Crippen molar-refractivity contribution in [2.75, 3.05) is 0 Å². The highest BCUT2D eigenvalue weighted by molar-refractivity contribution is 6.19. The minimum Gasteiger partial charge on any atom is -0.309 e. The number of rotatable bonds is 2. The van der Waals surface area contributed by atoms with Crippen molar-refractivity contribution in [1.29, 1.82) is 0 Å². The maximum absolute atomic E-state index is 3.49. The van der Waals surface area contributed by atoms with Crippen LogP contribution in [-0.4, -0.2) is 4.57 Å². The molecule has 2 aliphatic rings. The third-order valence-electron chi connectivity index (χ3n) is 11.2. The van der Waals surface area contributed by atoms with Crippen LogP contribution in [0, 0.1) is 12.1 Å². The second kappa shape index (κ2) is 9.03. The van der Waals surface area contributed by atoms with Crippen LogP contribution in [0.5, 0.6) is 0 Å². The zero-order valence-electron chi connectivity index (χ0n) is 26.7. The molecular formula is C47H29N. The molecule has 0 radical (unpaired) electrons. The summed E-state index contributed by atoms with van der Waals surface area (Å²) in [6, 6.07) is 58.5. The van der Waals surface area contributed by atoms with E-state index in [4.69, 9.17) is 0 Å². The molecule has 0 bridgehead atoms. The lowest BCUT2D eigenvalue weighted by atomic mass is 9.82. The van der Waals surface area contributed by atoms with E-state index >= 15 is 0 Å². The lowest BCUT2D eigenvalue weighted by Crippen LogP contribution is -2.14. The molecule has 1 heterocycles. The van der Waals surface area contributed by atoms with E-state index in [0.717, 1.165) is 5.39 Å². The maximum Gasteiger partial charge on any atom is 0.0622 e. The Morgan fingerprint density at radius 3 is 2.17 bits per heavy atom. The highest BCUT2D eigenvalue weighted by Crippen LogP contribution is 2.53. The number of fused-ring (bicyclic) bond motifs is 11. The molecule has 222 valence electrons. The smallest absolute Gasteiger partial charge is 0.0622 e. The number of aromatic nitrogens is 1. The average Bonchev–Trinajstić information content (AvgIpc) is 3.73. The minimum absolute atomic E-state index is 0.0538. The van der Waals surface area contributed by atoms with Gasteiger partial charge < -0.3 is 4.57 Å². The standard InChI is InChI=1S/C47H29N/c1-47(2)41-16-7-5-13-40(41)45-42(47)25-24-39-35-12-6-8-17-43(35)48(46(39)45)31-21-20-28-26-30(19-18-29(28)27-31)32-22-23-38-34-11-4-3-10-33(34)37-15-9-14-36(32)44(37)38/h3-8,10-13,15-27H,1-2H3. The molecule has 0 aliphatic heterocycles. The van der Waals surface area contributed by atoms with Crippen LogP contribution in [0.4, 0.5) is 0 Å². The Bertz CT molecular complexity index is 2830. The summed E-state index contributed by atoms with van der Waals surface area (Å²) < 4.78 is 2.50. The van der Waals surface area contributed by atoms with Gasteiger partial charge in [-0.3, -0.25) is 0 Å². The van der Waals surface area contributed by atoms with Gasteiger partial charge in [-0.25, -0.2) is 0 Å². The van der Waals surface area contributed by atoms with Gasteiger partial charge in [0.1, 0.15) is 0 Å². The van der Waals surface area contributed by atoms with E-state index in [-0.39, 0.29) is 5.41 Å². The van der Waals surface area contributed by atoms with E-state index in [9.17, 15) is 0 Å². The van der Waals surface area contributed by atoms with Crippen molar-refractivity contribution in [3.63, 3.8) is 0 Å². The van der Waals surface area contributed by atoms with Gasteiger partial charge in [-0.1, -0.05) is 135 Å². The van der Waals surface area contributed by atoms with Crippen LogP contribution in [0.2, 0.25) is 0 Å². The van der Waals surface area contributed by atoms with Gasteiger partial charge in [-0.2, -0.15) is 0 Å². The Hall–Kier alpha value is -6.10. The van der Waals surface area contributed by atoms with Gasteiger partial charge >= 0.3 is 0 Å². The van der Waals surface area contributed by atoms with Crippen molar-refractivity contribution in [3.8, 4) is 50.2 Å². The lowest BCUT2D eigenvalue weighted by molar-refractivity contribution is 0.661. The van der Waals surface area contributed by atoms with Crippen LogP contribution < -0.4 is 0 Å². The average molecular weight is 608 g/mol. The number of benzene rings is 7. The molecule has 0 N–H and O–H groups in total. The van der Waals surface area contributed by atoms with E-state index in [1.807, 2.05) is 0 Å². The predicted octanol–water partition coefficient (Wildman–Crippen LogP) is 12.3. The lowest BCUT2D eigenvalue weighted by Gasteiger charge is -2.21. The van der Waals surface area contributed by atoms with Crippen LogP contribution in [0.3, 0.4) is 0 Å². The zero-order chi connectivity index (χ0) is 31.7. The molecular weight excluding hydrogens is 579 g/mol. The molecule has 0 fully saturated rings. The van der Waals surface area contributed by atoms with Crippen molar-refractivity contribution in [1.82, 2.24) is 4.57 Å². The highest BCUT2D eigenvalue weighted by Gasteiger charge is 2.37. The van der Waals surface area contributed by atoms with E-state index in [1.165, 1.54) is 99.3 Å². The quantitative estimate of drug-likeness (QED) is 0.184. The molecule has 48 heavy (non-hydrogen) atoms. The first-order valence-corrected chi connectivity index (χ1v) is 16.8. The van der Waals surface area contributed by atoms with Crippen molar-refractivity contribution in [2.45, 2.75) is 19.3 Å². The van der Waals surface area contributed by atoms with Gasteiger partial charge in [0.05, 0.1) is 11.0 Å². The summed E-state index contributed by atoms with van der Waals surface area (Å²) in [4.78, 5) is 0. The minimum atomic E-state index is -0.0538. The first-order valence-electron chi connectivity index (χ1n) is 16.8. The second-order valence-electron chi connectivity index (χ2n) is 13.9. The van der Waals surface area contributed by atoms with Gasteiger partial charge in [0.15, 0.2) is 0 Å². The first kappa shape index (κ1) is 26.0. The first-order chi connectivity index (χ1) is 23.6. The van der Waals surface area contributed by atoms with Crippen molar-refractivity contribution in [2.24, 2.45) is 0 Å². The molecule has 1 heteroatoms. The van der Waals surface area contributed by atoms with Crippen molar-refractivity contribution >= 4 is 43.4 Å². The van der Waals surface area contributed by atoms with E-state index in [0.29, 0.717) is 0 Å². The SMILES string of the molecule is CC1(C)c2ccccc2-c2c1ccc1c3ccccc3n(-c3ccc4cc(-c5ccc6c7c(cc#cc57)-c5ccccc5-6)ccc4c3)c21. The van der Waals surface area contributed by atoms with Crippen molar-refractivity contribution in [3.05, 3.63) is 163 Å². The van der Waals surface area contributed by atoms with Crippen LogP contribution in [0.15, 0.2) is 140 Å². The molecule has 8 aromatic carbocycles. The molecule has 11 rings (SSSR count). The molecule has 0 spiro atoms. The van der Waals surface area contributed by atoms with Crippen LogP contribution in [0.25, 0.3) is 93.5 Å². The van der Waals surface area contributed by atoms with Gasteiger partial charge in [-0.05, 0) is 91.2 Å². The molecule has 2 aliphatic carbocycles. The molecule has 0 atom stereocenters. The maximum atomic E-state index is 3.49. The van der Waals surface area contributed by atoms with Crippen molar-refractivity contribution < 1.29 is 0 Å². The summed E-state index contributed by atoms with van der Waals surface area (Å²) in [5, 5.41) is 7.46. The van der Waals surface area contributed by atoms with Crippen LogP contribution >= 0.6 is 0 Å². The fourth-order valence-electron chi connectivity index (χ4n) is 8.95. The summed E-state index contributed by atoms with van der Waals surface area (Å²) in [5.41, 5.74) is 16.7. The Balaban J connectivity index is 1.11. The molecule has 0 unspecified atom stereocenters. The van der Waals surface area contributed by atoms with Gasteiger partial charge in [0.25, 0.3) is 0 Å². The number of hydrogen-bond acceptors (Lipinski definition) is 0. The summed E-state index contributed by atoms with van der Waals surface area (Å²) in [7, 11) is 0. The molecule has 0 saturated heterocycles. The Kier molecular flexibility index (Phi) is 4.90. The second-order valence-corrected chi connectivity index (χ2v) is 13.9. The van der Waals surface area contributed by atoms with E-state index < -0.39 is 0 Å². The van der Waals surface area contributed by atoms with E-state index in [2.05, 4.69) is 170 Å². The largest absolute Gasteiger partial charge is 0.309 e. The summed E-state index contributed by atoms with van der Waals surface area (Å²) in [6.45, 7) is 4.72. The zero-order valence-corrected chi connectivity index (χ0v) is 26.7. The Morgan fingerprint density at radius 1 is 0.542 bits per heavy atom. The Labute approximate surface area is 279 Å². The van der Waals surface area contributed by atoms with Gasteiger partial charge in [-0.15, -0.1) is 0 Å². The third kappa shape index (κ3) is 3.22. The number of hydrogen-bond donors (Lipinski definition) is 0. The topological polar surface area (TPSA) is 4.93 Å². The Morgan fingerprint density at radius 2 is 1.27 bits per heavy atom. The molecule has 9 aromatic rings. The van der Waals surface area contributed by atoms with Gasteiger partial charge in [0, 0.05) is 38.2 Å². The molecule has 1 aromatic heterocycles. The normalized spacial score (nSPS) is 13.6. The third-order valence-corrected chi connectivity index (χ3v) is 11.2. The highest BCUT2D eigenvalue weighted by atomic mass is 15.0. The molecule has 1 nitrogen and oxygen atoms in total. The monoisotopic (exact) mass is 607 g/mol. The summed E-state index contributed by atoms with van der Waals surface area (Å²) in [6.07, 6.45) is 0. The number of para-hydroxylation sites is 1. The number of nitrogens with zero attached hydrogens (tertiary/aromatic N) is 1. The van der Waals surface area contributed by atoms with Crippen LogP contribution in [-0.2, 0) is 5.41 Å². The summed E-state index contributed by atoms with van der Waals surface area (Å²) >= 11 is 0. The summed E-state index contributed by atoms with van der Waals surface area (Å²) in [5.74, 6) is 0.